The summed E-state index contributed by atoms with van der Waals surface area (Å²) in [6.07, 6.45) is -0.960. The molecule has 2 aromatic carbocycles. The molecule has 2 atom stereocenters. The van der Waals surface area contributed by atoms with Gasteiger partial charge in [-0.15, -0.1) is 0 Å². The average Bonchev–Trinajstić information content (AvgIpc) is 2.76. The Balaban J connectivity index is 2.05. The number of primary amides is 1. The first-order valence-corrected chi connectivity index (χ1v) is 9.98. The summed E-state index contributed by atoms with van der Waals surface area (Å²) in [4.78, 5) is 47.5. The number of nitro groups is 1. The lowest BCUT2D eigenvalue weighted by molar-refractivity contribution is -0.385. The Morgan fingerprint density at radius 3 is 2.25 bits per heavy atom. The number of nitro benzene ring substituents is 1. The highest BCUT2D eigenvalue weighted by Crippen LogP contribution is 2.19. The van der Waals surface area contributed by atoms with Gasteiger partial charge in [-0.1, -0.05) is 62.4 Å². The molecule has 170 valence electrons. The summed E-state index contributed by atoms with van der Waals surface area (Å²) in [5, 5.41) is 16.2. The van der Waals surface area contributed by atoms with Gasteiger partial charge >= 0.3 is 6.09 Å². The molecule has 0 radical (unpaired) electrons. The van der Waals surface area contributed by atoms with Crippen LogP contribution in [0.15, 0.2) is 54.6 Å². The smallest absolute Gasteiger partial charge is 0.408 e. The predicted molar refractivity (Wildman–Crippen MR) is 116 cm³/mol. The Bertz CT molecular complexity index is 964. The van der Waals surface area contributed by atoms with Gasteiger partial charge in [0.25, 0.3) is 5.69 Å². The summed E-state index contributed by atoms with van der Waals surface area (Å²) in [5.74, 6) is -1.84. The molecule has 32 heavy (non-hydrogen) atoms. The molecule has 10 nitrogen and oxygen atoms in total. The number of nitrogens with one attached hydrogen (secondary N) is 2. The zero-order valence-corrected chi connectivity index (χ0v) is 17.8. The Labute approximate surface area is 185 Å². The zero-order valence-electron chi connectivity index (χ0n) is 17.8. The van der Waals surface area contributed by atoms with Crippen molar-refractivity contribution in [3.05, 3.63) is 75.8 Å². The van der Waals surface area contributed by atoms with Crippen LogP contribution in [0.1, 0.15) is 25.0 Å². The summed E-state index contributed by atoms with van der Waals surface area (Å²) in [6, 6.07) is 12.7. The van der Waals surface area contributed by atoms with E-state index < -0.39 is 34.9 Å². The summed E-state index contributed by atoms with van der Waals surface area (Å²) < 4.78 is 5.15. The van der Waals surface area contributed by atoms with Crippen molar-refractivity contribution in [3.8, 4) is 0 Å². The van der Waals surface area contributed by atoms with Gasteiger partial charge < -0.3 is 21.1 Å². The van der Waals surface area contributed by atoms with Crippen LogP contribution in [-0.2, 0) is 27.4 Å². The molecule has 0 fully saturated rings. The normalized spacial score (nSPS) is 12.5. The first kappa shape index (κ1) is 24.3. The van der Waals surface area contributed by atoms with Gasteiger partial charge in [0.15, 0.2) is 0 Å². The Morgan fingerprint density at radius 2 is 1.66 bits per heavy atom. The quantitative estimate of drug-likeness (QED) is 0.378. The Hall–Kier alpha value is -3.95. The molecule has 0 saturated carbocycles. The number of rotatable bonds is 10. The van der Waals surface area contributed by atoms with Crippen LogP contribution >= 0.6 is 0 Å². The van der Waals surface area contributed by atoms with Gasteiger partial charge in [0.05, 0.1) is 4.92 Å². The number of carbonyl (C=O) groups is 3. The topological polar surface area (TPSA) is 154 Å². The summed E-state index contributed by atoms with van der Waals surface area (Å²) in [7, 11) is 0. The number of ether oxygens (including phenoxy) is 1. The van der Waals surface area contributed by atoms with Gasteiger partial charge in [0.1, 0.15) is 18.7 Å². The maximum Gasteiger partial charge on any atom is 0.408 e. The Kier molecular flexibility index (Phi) is 8.70. The number of alkyl carbamates (subject to hydrolysis) is 1. The van der Waals surface area contributed by atoms with E-state index in [1.807, 2.05) is 18.2 Å². The second kappa shape index (κ2) is 11.4. The molecule has 10 heteroatoms. The van der Waals surface area contributed by atoms with Crippen LogP contribution in [-0.4, -0.2) is 34.9 Å². The third-order valence-corrected chi connectivity index (χ3v) is 4.71. The fraction of sp³-hybridized carbons (Fsp3) is 0.318. The van der Waals surface area contributed by atoms with E-state index in [4.69, 9.17) is 10.5 Å². The van der Waals surface area contributed by atoms with E-state index in [1.165, 1.54) is 18.2 Å². The molecule has 3 amide bonds. The first-order chi connectivity index (χ1) is 15.2. The maximum absolute atomic E-state index is 12.8. The molecule has 0 aliphatic rings. The number of hydrogen-bond donors (Lipinski definition) is 3. The van der Waals surface area contributed by atoms with E-state index >= 15 is 0 Å². The molecule has 2 aromatic rings. The summed E-state index contributed by atoms with van der Waals surface area (Å²) in [6.45, 7) is 3.45. The number of nitrogens with zero attached hydrogens (tertiary/aromatic N) is 1. The molecule has 0 saturated heterocycles. The number of para-hydroxylation sites is 1. The SMILES string of the molecule is CC(C)[C@@H](NC(=O)OCc1ccccc1)C(=O)N[C@@H](Cc1ccccc1[N+](=O)[O-])C(N)=O. The fourth-order valence-electron chi connectivity index (χ4n) is 2.99. The molecule has 0 aliphatic carbocycles. The molecule has 0 bridgehead atoms. The van der Waals surface area contributed by atoms with Crippen LogP contribution in [0.4, 0.5) is 10.5 Å². The van der Waals surface area contributed by atoms with E-state index in [0.717, 1.165) is 5.56 Å². The third-order valence-electron chi connectivity index (χ3n) is 4.71. The van der Waals surface area contributed by atoms with E-state index in [1.54, 1.807) is 32.0 Å². The van der Waals surface area contributed by atoms with Crippen LogP contribution < -0.4 is 16.4 Å². The monoisotopic (exact) mass is 442 g/mol. The number of hydrogen-bond acceptors (Lipinski definition) is 6. The van der Waals surface area contributed by atoms with Gasteiger partial charge in [-0.25, -0.2) is 4.79 Å². The van der Waals surface area contributed by atoms with Gasteiger partial charge in [-0.05, 0) is 11.5 Å². The van der Waals surface area contributed by atoms with Crippen molar-refractivity contribution < 1.29 is 24.0 Å². The lowest BCUT2D eigenvalue weighted by atomic mass is 10.0. The van der Waals surface area contributed by atoms with Crippen molar-refractivity contribution in [1.82, 2.24) is 10.6 Å². The molecular weight excluding hydrogens is 416 g/mol. The molecule has 0 aromatic heterocycles. The number of amides is 3. The highest BCUT2D eigenvalue weighted by molar-refractivity contribution is 5.91. The molecule has 0 aliphatic heterocycles. The molecule has 0 heterocycles. The van der Waals surface area contributed by atoms with Crippen molar-refractivity contribution in [1.29, 1.82) is 0 Å². The van der Waals surface area contributed by atoms with Crippen LogP contribution in [0.25, 0.3) is 0 Å². The molecule has 4 N–H and O–H groups in total. The highest BCUT2D eigenvalue weighted by Gasteiger charge is 2.29. The molecule has 2 rings (SSSR count). The van der Waals surface area contributed by atoms with Crippen LogP contribution in [0.3, 0.4) is 0 Å². The lowest BCUT2D eigenvalue weighted by Gasteiger charge is -2.24. The average molecular weight is 442 g/mol. The van der Waals surface area contributed by atoms with Gasteiger partial charge in [0, 0.05) is 18.1 Å². The summed E-state index contributed by atoms with van der Waals surface area (Å²) in [5.41, 5.74) is 6.26. The minimum atomic E-state index is -1.20. The molecular formula is C22H26N4O6. The lowest BCUT2D eigenvalue weighted by Crippen LogP contribution is -2.55. The van der Waals surface area contributed by atoms with Crippen molar-refractivity contribution in [2.75, 3.05) is 0 Å². The standard InChI is InChI=1S/C22H26N4O6/c1-14(2)19(25-22(29)32-13-15-8-4-3-5-9-15)21(28)24-17(20(23)27)12-16-10-6-7-11-18(16)26(30)31/h3-11,14,17,19H,12-13H2,1-2H3,(H2,23,27)(H,24,28)(H,25,29)/t17-,19+/m0/s1. The maximum atomic E-state index is 12.8. The predicted octanol–water partition coefficient (Wildman–Crippen LogP) is 2.06. The first-order valence-electron chi connectivity index (χ1n) is 9.98. The number of nitrogens with two attached hydrogens (primary N) is 1. The number of benzene rings is 2. The van der Waals surface area contributed by atoms with Crippen molar-refractivity contribution in [2.24, 2.45) is 11.7 Å². The van der Waals surface area contributed by atoms with Crippen molar-refractivity contribution >= 4 is 23.6 Å². The second-order valence-electron chi connectivity index (χ2n) is 7.48. The summed E-state index contributed by atoms with van der Waals surface area (Å²) >= 11 is 0. The molecule has 0 unspecified atom stereocenters. The fourth-order valence-corrected chi connectivity index (χ4v) is 2.99. The van der Waals surface area contributed by atoms with Crippen LogP contribution in [0, 0.1) is 16.0 Å². The van der Waals surface area contributed by atoms with E-state index in [2.05, 4.69) is 10.6 Å². The Morgan fingerprint density at radius 1 is 1.03 bits per heavy atom. The van der Waals surface area contributed by atoms with Crippen molar-refractivity contribution in [2.45, 2.75) is 39.0 Å². The van der Waals surface area contributed by atoms with Crippen molar-refractivity contribution in [3.63, 3.8) is 0 Å². The zero-order chi connectivity index (χ0) is 23.7. The minimum absolute atomic E-state index is 0.0285. The second-order valence-corrected chi connectivity index (χ2v) is 7.48. The largest absolute Gasteiger partial charge is 0.445 e. The van der Waals surface area contributed by atoms with Crippen LogP contribution in [0.5, 0.6) is 0 Å². The highest BCUT2D eigenvalue weighted by atomic mass is 16.6. The van der Waals surface area contributed by atoms with E-state index in [9.17, 15) is 24.5 Å². The van der Waals surface area contributed by atoms with Gasteiger partial charge in [-0.2, -0.15) is 0 Å². The van der Waals surface area contributed by atoms with E-state index in [-0.39, 0.29) is 30.2 Å². The third kappa shape index (κ3) is 7.08. The van der Waals surface area contributed by atoms with Crippen LogP contribution in [0.2, 0.25) is 0 Å². The minimum Gasteiger partial charge on any atom is -0.445 e. The number of carbonyl (C=O) groups excluding carboxylic acids is 3. The molecule has 0 spiro atoms. The van der Waals surface area contributed by atoms with Gasteiger partial charge in [-0.3, -0.25) is 19.7 Å². The van der Waals surface area contributed by atoms with E-state index in [0.29, 0.717) is 0 Å². The van der Waals surface area contributed by atoms with Gasteiger partial charge in [0.2, 0.25) is 11.8 Å².